The van der Waals surface area contributed by atoms with Gasteiger partial charge in [-0.25, -0.2) is 17.8 Å². The summed E-state index contributed by atoms with van der Waals surface area (Å²) in [6.45, 7) is 0. The molecule has 1 heterocycles. The van der Waals surface area contributed by atoms with Crippen LogP contribution in [-0.4, -0.2) is 25.2 Å². The summed E-state index contributed by atoms with van der Waals surface area (Å²) >= 11 is 2.13. The van der Waals surface area contributed by atoms with Crippen molar-refractivity contribution in [3.63, 3.8) is 0 Å². The van der Waals surface area contributed by atoms with E-state index in [1.165, 1.54) is 19.2 Å². The van der Waals surface area contributed by atoms with Gasteiger partial charge in [-0.05, 0) is 47.8 Å². The lowest BCUT2D eigenvalue weighted by atomic mass is 10.3. The second kappa shape index (κ2) is 4.86. The van der Waals surface area contributed by atoms with E-state index in [1.54, 1.807) is 23.1 Å². The van der Waals surface area contributed by atoms with E-state index in [1.807, 2.05) is 0 Å². The van der Waals surface area contributed by atoms with Crippen LogP contribution in [0.25, 0.3) is 5.69 Å². The molecule has 0 saturated heterocycles. The molecule has 0 aliphatic rings. The van der Waals surface area contributed by atoms with Gasteiger partial charge in [0.05, 0.1) is 26.0 Å². The van der Waals surface area contributed by atoms with E-state index >= 15 is 0 Å². The molecule has 2 rings (SSSR count). The Kier molecular flexibility index (Phi) is 3.59. The number of benzene rings is 1. The highest BCUT2D eigenvalue weighted by atomic mass is 127. The summed E-state index contributed by atoms with van der Waals surface area (Å²) in [5.41, 5.74) is 6.86. The Balaban J connectivity index is 2.49. The number of sulfonamides is 1. The maximum absolute atomic E-state index is 11.6. The fourth-order valence-corrected chi connectivity index (χ4v) is 2.61. The fourth-order valence-electron chi connectivity index (χ4n) is 1.46. The van der Waals surface area contributed by atoms with E-state index in [-0.39, 0.29) is 4.90 Å². The van der Waals surface area contributed by atoms with Crippen LogP contribution in [0.1, 0.15) is 0 Å². The van der Waals surface area contributed by atoms with Crippen LogP contribution >= 0.6 is 22.6 Å². The quantitative estimate of drug-likeness (QED) is 0.615. The summed E-state index contributed by atoms with van der Waals surface area (Å²) < 4.78 is 28.0. The average molecular weight is 378 g/mol. The zero-order valence-corrected chi connectivity index (χ0v) is 12.4. The van der Waals surface area contributed by atoms with Gasteiger partial charge in [-0.3, -0.25) is 0 Å². The van der Waals surface area contributed by atoms with Gasteiger partial charge in [-0.1, -0.05) is 0 Å². The zero-order valence-electron chi connectivity index (χ0n) is 9.46. The van der Waals surface area contributed by atoms with Gasteiger partial charge >= 0.3 is 0 Å². The highest BCUT2D eigenvalue weighted by Crippen LogP contribution is 2.21. The molecule has 0 radical (unpaired) electrons. The maximum atomic E-state index is 11.6. The number of hydrogen-bond acceptors (Lipinski definition) is 4. The lowest BCUT2D eigenvalue weighted by Gasteiger charge is -2.08. The standard InChI is InChI=1S/C10H11IN4O2S/c1-13-18(16,17)8-2-3-10(9(12)4-8)15-6-7(11)5-14-15/h2-6,13H,12H2,1H3. The molecule has 0 spiro atoms. The molecule has 1 aromatic heterocycles. The Labute approximate surface area is 118 Å². The van der Waals surface area contributed by atoms with Crippen LogP contribution in [0, 0.1) is 3.57 Å². The normalized spacial score (nSPS) is 11.7. The Morgan fingerprint density at radius 3 is 2.67 bits per heavy atom. The predicted octanol–water partition coefficient (Wildman–Crippen LogP) is 0.967. The summed E-state index contributed by atoms with van der Waals surface area (Å²) in [5, 5.41) is 4.12. The Morgan fingerprint density at radius 2 is 2.17 bits per heavy atom. The van der Waals surface area contributed by atoms with Gasteiger partial charge < -0.3 is 5.73 Å². The molecule has 2 aromatic rings. The molecule has 6 nitrogen and oxygen atoms in total. The summed E-state index contributed by atoms with van der Waals surface area (Å²) in [7, 11) is -2.12. The van der Waals surface area contributed by atoms with Gasteiger partial charge in [0.2, 0.25) is 10.0 Å². The van der Waals surface area contributed by atoms with Crippen molar-refractivity contribution in [1.82, 2.24) is 14.5 Å². The first kappa shape index (κ1) is 13.3. The smallest absolute Gasteiger partial charge is 0.240 e. The number of aromatic nitrogens is 2. The number of nitrogens with one attached hydrogen (secondary N) is 1. The van der Waals surface area contributed by atoms with Gasteiger partial charge in [0.15, 0.2) is 0 Å². The second-order valence-electron chi connectivity index (χ2n) is 3.53. The molecule has 0 unspecified atom stereocenters. The van der Waals surface area contributed by atoms with E-state index in [9.17, 15) is 8.42 Å². The summed E-state index contributed by atoms with van der Waals surface area (Å²) in [4.78, 5) is 0.133. The molecule has 0 atom stereocenters. The van der Waals surface area contributed by atoms with Crippen molar-refractivity contribution < 1.29 is 8.42 Å². The topological polar surface area (TPSA) is 90.0 Å². The molecule has 18 heavy (non-hydrogen) atoms. The van der Waals surface area contributed by atoms with Gasteiger partial charge in [0.1, 0.15) is 0 Å². The van der Waals surface area contributed by atoms with Crippen LogP contribution in [-0.2, 0) is 10.0 Å². The molecule has 0 amide bonds. The maximum Gasteiger partial charge on any atom is 0.240 e. The molecular formula is C10H11IN4O2S. The first-order chi connectivity index (χ1) is 8.44. The first-order valence-electron chi connectivity index (χ1n) is 4.97. The van der Waals surface area contributed by atoms with Crippen LogP contribution < -0.4 is 10.5 Å². The minimum atomic E-state index is -3.48. The molecule has 0 bridgehead atoms. The molecule has 0 fully saturated rings. The summed E-state index contributed by atoms with van der Waals surface area (Å²) in [6.07, 6.45) is 3.50. The number of nitrogen functional groups attached to an aromatic ring is 1. The van der Waals surface area contributed by atoms with Crippen molar-refractivity contribution in [1.29, 1.82) is 0 Å². The van der Waals surface area contributed by atoms with Crippen LogP contribution in [0.4, 0.5) is 5.69 Å². The third kappa shape index (κ3) is 2.49. The van der Waals surface area contributed by atoms with Crippen molar-refractivity contribution in [2.75, 3.05) is 12.8 Å². The lowest BCUT2D eigenvalue weighted by molar-refractivity contribution is 0.588. The Bertz CT molecular complexity index is 681. The number of nitrogens with two attached hydrogens (primary N) is 1. The largest absolute Gasteiger partial charge is 0.397 e. The minimum absolute atomic E-state index is 0.133. The summed E-state index contributed by atoms with van der Waals surface area (Å²) in [6, 6.07) is 4.53. The Hall–Kier alpha value is -1.13. The molecule has 0 saturated carbocycles. The number of anilines is 1. The van der Waals surface area contributed by atoms with E-state index < -0.39 is 10.0 Å². The fraction of sp³-hybridized carbons (Fsp3) is 0.100. The highest BCUT2D eigenvalue weighted by molar-refractivity contribution is 14.1. The van der Waals surface area contributed by atoms with Gasteiger partial charge in [0, 0.05) is 6.20 Å². The van der Waals surface area contributed by atoms with Gasteiger partial charge in [-0.2, -0.15) is 5.10 Å². The number of rotatable bonds is 3. The van der Waals surface area contributed by atoms with E-state index in [0.717, 1.165) is 3.57 Å². The van der Waals surface area contributed by atoms with Crippen LogP contribution in [0.3, 0.4) is 0 Å². The molecule has 96 valence electrons. The second-order valence-corrected chi connectivity index (χ2v) is 6.66. The predicted molar refractivity (Wildman–Crippen MR) is 76.9 cm³/mol. The van der Waals surface area contributed by atoms with Crippen molar-refractivity contribution in [2.24, 2.45) is 0 Å². The number of hydrogen-bond donors (Lipinski definition) is 2. The molecule has 0 aliphatic carbocycles. The Morgan fingerprint density at radius 1 is 1.44 bits per heavy atom. The third-order valence-electron chi connectivity index (χ3n) is 2.38. The van der Waals surface area contributed by atoms with E-state index in [0.29, 0.717) is 11.4 Å². The van der Waals surface area contributed by atoms with Crippen LogP contribution in [0.5, 0.6) is 0 Å². The number of nitrogens with zero attached hydrogens (tertiary/aromatic N) is 2. The van der Waals surface area contributed by atoms with E-state index in [2.05, 4.69) is 32.4 Å². The number of halogens is 1. The van der Waals surface area contributed by atoms with Crippen LogP contribution in [0.2, 0.25) is 0 Å². The molecule has 3 N–H and O–H groups in total. The summed E-state index contributed by atoms with van der Waals surface area (Å²) in [5.74, 6) is 0. The lowest BCUT2D eigenvalue weighted by Crippen LogP contribution is -2.18. The zero-order chi connectivity index (χ0) is 13.3. The average Bonchev–Trinajstić information content (AvgIpc) is 2.75. The van der Waals surface area contributed by atoms with Crippen LogP contribution in [0.15, 0.2) is 35.5 Å². The third-order valence-corrected chi connectivity index (χ3v) is 4.34. The minimum Gasteiger partial charge on any atom is -0.397 e. The monoisotopic (exact) mass is 378 g/mol. The SMILES string of the molecule is CNS(=O)(=O)c1ccc(-n2cc(I)cn2)c(N)c1. The highest BCUT2D eigenvalue weighted by Gasteiger charge is 2.13. The van der Waals surface area contributed by atoms with Crippen molar-refractivity contribution in [3.8, 4) is 5.69 Å². The molecule has 1 aromatic carbocycles. The van der Waals surface area contributed by atoms with Crippen molar-refractivity contribution in [2.45, 2.75) is 4.90 Å². The molecule has 8 heteroatoms. The van der Waals surface area contributed by atoms with Crippen molar-refractivity contribution >= 4 is 38.3 Å². The van der Waals surface area contributed by atoms with E-state index in [4.69, 9.17) is 5.73 Å². The first-order valence-corrected chi connectivity index (χ1v) is 7.54. The van der Waals surface area contributed by atoms with Gasteiger partial charge in [-0.15, -0.1) is 0 Å². The molecule has 0 aliphatic heterocycles. The molecular weight excluding hydrogens is 367 g/mol. The van der Waals surface area contributed by atoms with Crippen molar-refractivity contribution in [3.05, 3.63) is 34.2 Å². The van der Waals surface area contributed by atoms with Gasteiger partial charge in [0.25, 0.3) is 0 Å².